The first-order valence-corrected chi connectivity index (χ1v) is 23.1. The van der Waals surface area contributed by atoms with Gasteiger partial charge in [0.2, 0.25) is 0 Å². The van der Waals surface area contributed by atoms with Gasteiger partial charge in [-0.15, -0.1) is 0 Å². The van der Waals surface area contributed by atoms with E-state index in [0.717, 1.165) is 18.0 Å². The van der Waals surface area contributed by atoms with Crippen molar-refractivity contribution in [3.8, 4) is 45.3 Å². The molecule has 0 aliphatic rings. The normalized spacial score (nSPS) is 11.2. The van der Waals surface area contributed by atoms with Crippen LogP contribution in [0.2, 0.25) is 0 Å². The molecule has 0 bridgehead atoms. The number of benzene rings is 3. The van der Waals surface area contributed by atoms with Crippen molar-refractivity contribution in [2.75, 3.05) is 60.4 Å². The van der Waals surface area contributed by atoms with Gasteiger partial charge in [-0.2, -0.15) is 4.99 Å². The molecule has 2 heterocycles. The molecule has 6 N–H and O–H groups in total. The minimum Gasteiger partial charge on any atom is -0.496 e. The second-order valence-corrected chi connectivity index (χ2v) is 16.6. The van der Waals surface area contributed by atoms with Gasteiger partial charge in [-0.05, 0) is 96.0 Å². The Hall–Kier alpha value is -9.00. The zero-order chi connectivity index (χ0) is 55.1. The Labute approximate surface area is 439 Å². The molecule has 24 nitrogen and oxygen atoms in total. The number of methoxy groups -OCH3 is 2. The number of aliphatic carboxylic acids is 6. The molecule has 5 rings (SSSR count). The van der Waals surface area contributed by atoms with Crippen LogP contribution in [0.15, 0.2) is 99.9 Å². The Kier molecular flexibility index (Phi) is 22.1. The van der Waals surface area contributed by atoms with Gasteiger partial charge in [0, 0.05) is 42.9 Å². The van der Waals surface area contributed by atoms with Gasteiger partial charge in [-0.3, -0.25) is 44.2 Å². The van der Waals surface area contributed by atoms with Crippen LogP contribution >= 0.6 is 12.2 Å². The third kappa shape index (κ3) is 19.4. The zero-order valence-corrected chi connectivity index (χ0v) is 41.8. The minimum absolute atomic E-state index is 0.0802. The number of isothiocyanates is 1. The van der Waals surface area contributed by atoms with Gasteiger partial charge in [0.05, 0.1) is 87.4 Å². The maximum atomic E-state index is 12.6. The third-order valence-corrected chi connectivity index (χ3v) is 10.7. The lowest BCUT2D eigenvalue weighted by molar-refractivity contribution is -0.140. The molecule has 0 amide bonds. The van der Waals surface area contributed by atoms with Crippen LogP contribution in [-0.4, -0.2) is 169 Å². The molecule has 76 heavy (non-hydrogen) atoms. The van der Waals surface area contributed by atoms with E-state index in [-0.39, 0.29) is 69.1 Å². The largest absolute Gasteiger partial charge is 0.496 e. The second kappa shape index (κ2) is 29.0. The number of hydrogen-bond donors (Lipinski definition) is 6. The Bertz CT molecular complexity index is 2840. The average molecular weight is 1070 g/mol. The molecule has 398 valence electrons. The summed E-state index contributed by atoms with van der Waals surface area (Å²) >= 11 is 4.75. The van der Waals surface area contributed by atoms with Crippen molar-refractivity contribution in [3.05, 3.63) is 113 Å². The molecule has 0 saturated heterocycles. The van der Waals surface area contributed by atoms with Gasteiger partial charge in [0.15, 0.2) is 13.2 Å². The Morgan fingerprint density at radius 3 is 1.39 bits per heavy atom. The SMILES string of the molecule is COc1cc(OCC(=O)O)ccc1-c1cc(CN=CC(=O)O)nc(CN(CC(=O)O)CN(CCc2ccc(N=C=S)cc2)CN(CC(=O)O)Cc2cc(-c3ccc(OCC(=O)O)cc3OC)cc(CN=CC(=O)O)n2)c1. The van der Waals surface area contributed by atoms with Crippen molar-refractivity contribution in [3.63, 3.8) is 0 Å². The lowest BCUT2D eigenvalue weighted by Gasteiger charge is -2.33. The molecular weight excluding hydrogens is 1010 g/mol. The summed E-state index contributed by atoms with van der Waals surface area (Å²) in [5.74, 6) is -6.37. The predicted molar refractivity (Wildman–Crippen MR) is 276 cm³/mol. The van der Waals surface area contributed by atoms with Crippen molar-refractivity contribution >= 4 is 71.3 Å². The number of aliphatic imine (C=N–C) groups is 3. The van der Waals surface area contributed by atoms with E-state index in [9.17, 15) is 49.2 Å². The molecule has 0 fully saturated rings. The Balaban J connectivity index is 1.56. The second-order valence-electron chi connectivity index (χ2n) is 16.4. The minimum atomic E-state index is -1.29. The van der Waals surface area contributed by atoms with Crippen LogP contribution in [0.3, 0.4) is 0 Å². The fraction of sp³-hybridized carbons (Fsp3) is 0.275. The molecule has 0 spiro atoms. The van der Waals surface area contributed by atoms with Crippen LogP contribution in [-0.2, 0) is 61.4 Å². The van der Waals surface area contributed by atoms with Crippen LogP contribution in [0.4, 0.5) is 5.69 Å². The van der Waals surface area contributed by atoms with Crippen molar-refractivity contribution in [2.45, 2.75) is 32.6 Å². The molecule has 0 radical (unpaired) electrons. The lowest BCUT2D eigenvalue weighted by Crippen LogP contribution is -2.47. The zero-order valence-electron chi connectivity index (χ0n) is 41.0. The summed E-state index contributed by atoms with van der Waals surface area (Å²) in [6, 6.07) is 23.1. The predicted octanol–water partition coefficient (Wildman–Crippen LogP) is 4.73. The van der Waals surface area contributed by atoms with Crippen LogP contribution in [0, 0.1) is 0 Å². The summed E-state index contributed by atoms with van der Waals surface area (Å²) in [6.07, 6.45) is 1.82. The number of thiocarbonyl (C=S) groups is 1. The third-order valence-electron chi connectivity index (χ3n) is 10.6. The molecule has 3 aromatic carbocycles. The van der Waals surface area contributed by atoms with E-state index in [1.54, 1.807) is 58.3 Å². The highest BCUT2D eigenvalue weighted by Crippen LogP contribution is 2.36. The smallest absolute Gasteiger partial charge is 0.346 e. The summed E-state index contributed by atoms with van der Waals surface area (Å²) < 4.78 is 22.0. The molecule has 25 heteroatoms. The number of aromatic nitrogens is 2. The molecule has 2 aromatic heterocycles. The molecule has 5 aromatic rings. The van der Waals surface area contributed by atoms with Crippen molar-refractivity contribution < 1.29 is 78.4 Å². The summed E-state index contributed by atoms with van der Waals surface area (Å²) in [4.78, 5) is 96.7. The maximum Gasteiger partial charge on any atom is 0.346 e. The number of nitrogens with zero attached hydrogens (tertiary/aromatic N) is 8. The fourth-order valence-corrected chi connectivity index (χ4v) is 7.75. The highest BCUT2D eigenvalue weighted by atomic mass is 32.1. The fourth-order valence-electron chi connectivity index (χ4n) is 7.64. The van der Waals surface area contributed by atoms with E-state index in [2.05, 4.69) is 20.1 Å². The Morgan fingerprint density at radius 1 is 0.579 bits per heavy atom. The Morgan fingerprint density at radius 2 is 1.01 bits per heavy atom. The van der Waals surface area contributed by atoms with Gasteiger partial charge in [0.25, 0.3) is 0 Å². The van der Waals surface area contributed by atoms with Crippen LogP contribution in [0.5, 0.6) is 23.0 Å². The van der Waals surface area contributed by atoms with Gasteiger partial charge < -0.3 is 49.6 Å². The van der Waals surface area contributed by atoms with E-state index in [1.807, 2.05) is 17.0 Å². The van der Waals surface area contributed by atoms with E-state index in [1.165, 1.54) is 38.5 Å². The number of carboxylic acid groups (broad SMARTS) is 6. The summed E-state index contributed by atoms with van der Waals surface area (Å²) in [6.45, 7) is -2.75. The first kappa shape index (κ1) is 57.9. The van der Waals surface area contributed by atoms with Gasteiger partial charge in [-0.1, -0.05) is 12.1 Å². The number of rotatable bonds is 32. The van der Waals surface area contributed by atoms with Crippen LogP contribution < -0.4 is 18.9 Å². The maximum absolute atomic E-state index is 12.6. The monoisotopic (exact) mass is 1060 g/mol. The molecule has 0 unspecified atom stereocenters. The van der Waals surface area contributed by atoms with Gasteiger partial charge in [-0.25, -0.2) is 19.2 Å². The molecule has 0 atom stereocenters. The van der Waals surface area contributed by atoms with Gasteiger partial charge in [0.1, 0.15) is 35.4 Å². The number of hydrogen-bond acceptors (Lipinski definition) is 19. The lowest BCUT2D eigenvalue weighted by atomic mass is 10.0. The number of carbonyl (C=O) groups is 6. The number of carboxylic acids is 6. The molecular formula is C51H52N8O16S. The van der Waals surface area contributed by atoms with E-state index in [0.29, 0.717) is 57.1 Å². The van der Waals surface area contributed by atoms with Crippen molar-refractivity contribution in [1.29, 1.82) is 0 Å². The summed E-state index contributed by atoms with van der Waals surface area (Å²) in [5.41, 5.74) is 4.74. The first-order chi connectivity index (χ1) is 36.4. The van der Waals surface area contributed by atoms with Crippen molar-refractivity contribution in [1.82, 2.24) is 24.7 Å². The van der Waals surface area contributed by atoms with Crippen molar-refractivity contribution in [2.24, 2.45) is 15.0 Å². The quantitative estimate of drug-likeness (QED) is 0.0192. The summed E-state index contributed by atoms with van der Waals surface area (Å²) in [7, 11) is 2.81. The van der Waals surface area contributed by atoms with E-state index < -0.39 is 62.1 Å². The van der Waals surface area contributed by atoms with Crippen LogP contribution in [0.1, 0.15) is 28.3 Å². The molecule has 0 aliphatic heterocycles. The highest BCUT2D eigenvalue weighted by molar-refractivity contribution is 7.78. The topological polar surface area (TPSA) is 333 Å². The number of pyridine rings is 2. The van der Waals surface area contributed by atoms with Gasteiger partial charge >= 0.3 is 35.8 Å². The standard InChI is InChI=1S/C51H52N8O16S/c1-72-44-17-40(74-27-50(68)69)7-9-42(44)33-13-36(19-52-21-46(60)61)55-38(15-33)23-58(25-48(64)65)30-57(12-11-32-3-5-35(6-4-32)54-29-76)31-59(26-49(66)67)24-39-16-34(14-37(56-39)20-53-22-47(62)63)43-10-8-41(18-45(43)73-2)75-28-51(70)71/h3-10,13-18,21-22H,11-12,19-20,23-28,30-31H2,1-2H3,(H,60,61)(H,62,63)(H,64,65)(H,66,67)(H,68,69)(H,70,71). The van der Waals surface area contributed by atoms with Crippen LogP contribution in [0.25, 0.3) is 22.3 Å². The van der Waals surface area contributed by atoms with E-state index >= 15 is 0 Å². The first-order valence-electron chi connectivity index (χ1n) is 22.7. The molecule has 0 saturated carbocycles. The highest BCUT2D eigenvalue weighted by Gasteiger charge is 2.23. The average Bonchev–Trinajstić information content (AvgIpc) is 3.36. The molecule has 0 aliphatic carbocycles. The summed E-state index contributed by atoms with van der Waals surface area (Å²) in [5, 5.41) is 59.7. The van der Waals surface area contributed by atoms with E-state index in [4.69, 9.17) is 51.3 Å². The number of ether oxygens (including phenoxy) is 4.